The van der Waals surface area contributed by atoms with Gasteiger partial charge in [0, 0.05) is 5.02 Å². The van der Waals surface area contributed by atoms with Crippen molar-refractivity contribution in [2.24, 2.45) is 0 Å². The van der Waals surface area contributed by atoms with E-state index in [0.29, 0.717) is 22.0 Å². The zero-order chi connectivity index (χ0) is 13.8. The number of halogens is 1. The Morgan fingerprint density at radius 2 is 2.00 bits per heavy atom. The number of benzene rings is 2. The van der Waals surface area contributed by atoms with Crippen molar-refractivity contribution in [2.75, 3.05) is 12.4 Å². The van der Waals surface area contributed by atoms with Crippen LogP contribution in [0.25, 0.3) is 0 Å². The first kappa shape index (κ1) is 13.2. The highest BCUT2D eigenvalue weighted by Crippen LogP contribution is 2.26. The first-order valence-electron chi connectivity index (χ1n) is 5.54. The number of methoxy groups -OCH3 is 1. The van der Waals surface area contributed by atoms with Gasteiger partial charge in [0.1, 0.15) is 11.5 Å². The lowest BCUT2D eigenvalue weighted by molar-refractivity contribution is 0.102. The maximum absolute atomic E-state index is 12.1. The lowest BCUT2D eigenvalue weighted by atomic mass is 10.1. The van der Waals surface area contributed by atoms with Crippen LogP contribution in [0.5, 0.6) is 11.5 Å². The van der Waals surface area contributed by atoms with Crippen LogP contribution in [0.1, 0.15) is 10.4 Å². The SMILES string of the molecule is COc1ccc(Cl)cc1C(=O)Nc1ccccc1O. The van der Waals surface area contributed by atoms with E-state index >= 15 is 0 Å². The normalized spacial score (nSPS) is 10.0. The van der Waals surface area contributed by atoms with Gasteiger partial charge in [-0.15, -0.1) is 0 Å². The van der Waals surface area contributed by atoms with Gasteiger partial charge < -0.3 is 15.2 Å². The number of aromatic hydroxyl groups is 1. The quantitative estimate of drug-likeness (QED) is 0.846. The minimum atomic E-state index is -0.402. The molecule has 0 aliphatic rings. The molecule has 5 heteroatoms. The third-order valence-electron chi connectivity index (χ3n) is 2.56. The van der Waals surface area contributed by atoms with Crippen LogP contribution < -0.4 is 10.1 Å². The molecule has 2 N–H and O–H groups in total. The van der Waals surface area contributed by atoms with E-state index in [1.54, 1.807) is 30.3 Å². The zero-order valence-corrected chi connectivity index (χ0v) is 10.9. The minimum Gasteiger partial charge on any atom is -0.506 e. The molecule has 4 nitrogen and oxygen atoms in total. The summed E-state index contributed by atoms with van der Waals surface area (Å²) in [5.74, 6) is 0.00927. The molecule has 19 heavy (non-hydrogen) atoms. The average Bonchev–Trinajstić information content (AvgIpc) is 2.41. The third-order valence-corrected chi connectivity index (χ3v) is 2.79. The number of carbonyl (C=O) groups is 1. The van der Waals surface area contributed by atoms with Crippen molar-refractivity contribution in [1.29, 1.82) is 0 Å². The van der Waals surface area contributed by atoms with E-state index in [0.717, 1.165) is 0 Å². The van der Waals surface area contributed by atoms with Crippen LogP contribution >= 0.6 is 11.6 Å². The Morgan fingerprint density at radius 1 is 1.26 bits per heavy atom. The number of anilines is 1. The molecule has 98 valence electrons. The lowest BCUT2D eigenvalue weighted by Gasteiger charge is -2.10. The molecular formula is C14H12ClNO3. The van der Waals surface area contributed by atoms with Crippen LogP contribution in [-0.4, -0.2) is 18.1 Å². The second-order valence-electron chi connectivity index (χ2n) is 3.82. The highest BCUT2D eigenvalue weighted by Gasteiger charge is 2.14. The summed E-state index contributed by atoms with van der Waals surface area (Å²) in [7, 11) is 1.47. The number of amides is 1. The van der Waals surface area contributed by atoms with Crippen molar-refractivity contribution >= 4 is 23.2 Å². The molecule has 0 heterocycles. The first-order chi connectivity index (χ1) is 9.11. The second kappa shape index (κ2) is 5.63. The number of carbonyl (C=O) groups excluding carboxylic acids is 1. The van der Waals surface area contributed by atoms with Crippen molar-refractivity contribution in [2.45, 2.75) is 0 Å². The monoisotopic (exact) mass is 277 g/mol. The third kappa shape index (κ3) is 2.98. The number of phenolic OH excluding ortho intramolecular Hbond substituents is 1. The number of rotatable bonds is 3. The van der Waals surface area contributed by atoms with Gasteiger partial charge in [0.2, 0.25) is 0 Å². The number of ether oxygens (including phenoxy) is 1. The molecule has 0 radical (unpaired) electrons. The maximum Gasteiger partial charge on any atom is 0.259 e. The van der Waals surface area contributed by atoms with Crippen molar-refractivity contribution < 1.29 is 14.6 Å². The van der Waals surface area contributed by atoms with Gasteiger partial charge in [-0.1, -0.05) is 23.7 Å². The molecule has 0 saturated heterocycles. The molecule has 0 bridgehead atoms. The standard InChI is InChI=1S/C14H12ClNO3/c1-19-13-7-6-9(15)8-10(13)14(18)16-11-4-2-3-5-12(11)17/h2-8,17H,1H3,(H,16,18). The molecule has 0 saturated carbocycles. The van der Waals surface area contributed by atoms with Gasteiger partial charge in [-0.2, -0.15) is 0 Å². The van der Waals surface area contributed by atoms with Gasteiger partial charge in [-0.25, -0.2) is 0 Å². The van der Waals surface area contributed by atoms with Gasteiger partial charge >= 0.3 is 0 Å². The van der Waals surface area contributed by atoms with Crippen molar-refractivity contribution in [3.05, 3.63) is 53.1 Å². The van der Waals surface area contributed by atoms with Gasteiger partial charge in [-0.05, 0) is 30.3 Å². The molecule has 0 unspecified atom stereocenters. The summed E-state index contributed by atoms with van der Waals surface area (Å²) in [6.45, 7) is 0. The van der Waals surface area contributed by atoms with E-state index in [2.05, 4.69) is 5.32 Å². The summed E-state index contributed by atoms with van der Waals surface area (Å²) in [6.07, 6.45) is 0. The van der Waals surface area contributed by atoms with Gasteiger partial charge in [0.05, 0.1) is 18.4 Å². The first-order valence-corrected chi connectivity index (χ1v) is 5.92. The van der Waals surface area contributed by atoms with Crippen LogP contribution in [0.15, 0.2) is 42.5 Å². The van der Waals surface area contributed by atoms with E-state index in [9.17, 15) is 9.90 Å². The highest BCUT2D eigenvalue weighted by molar-refractivity contribution is 6.31. The molecule has 0 spiro atoms. The topological polar surface area (TPSA) is 58.6 Å². The summed E-state index contributed by atoms with van der Waals surface area (Å²) in [5, 5.41) is 12.6. The Balaban J connectivity index is 2.30. The van der Waals surface area contributed by atoms with Gasteiger partial charge in [0.25, 0.3) is 5.91 Å². The Bertz CT molecular complexity index is 613. The van der Waals surface area contributed by atoms with Crippen LogP contribution in [0.4, 0.5) is 5.69 Å². The Labute approximate surface area is 115 Å². The predicted octanol–water partition coefficient (Wildman–Crippen LogP) is 3.31. The Morgan fingerprint density at radius 3 is 2.68 bits per heavy atom. The number of phenols is 1. The van der Waals surface area contributed by atoms with E-state index in [1.165, 1.54) is 19.2 Å². The van der Waals surface area contributed by atoms with Crippen LogP contribution in [0.3, 0.4) is 0 Å². The fourth-order valence-electron chi connectivity index (χ4n) is 1.63. The zero-order valence-electron chi connectivity index (χ0n) is 10.2. The fraction of sp³-hybridized carbons (Fsp3) is 0.0714. The van der Waals surface area contributed by atoms with E-state index < -0.39 is 5.91 Å². The van der Waals surface area contributed by atoms with Gasteiger partial charge in [0.15, 0.2) is 0 Å². The summed E-state index contributed by atoms with van der Waals surface area (Å²) in [5.41, 5.74) is 0.632. The summed E-state index contributed by atoms with van der Waals surface area (Å²) < 4.78 is 5.11. The Hall–Kier alpha value is -2.20. The Kier molecular flexibility index (Phi) is 3.92. The van der Waals surface area contributed by atoms with Crippen molar-refractivity contribution in [3.63, 3.8) is 0 Å². The largest absolute Gasteiger partial charge is 0.506 e. The molecule has 2 aromatic rings. The molecule has 0 aliphatic carbocycles. The molecule has 0 fully saturated rings. The number of hydrogen-bond acceptors (Lipinski definition) is 3. The van der Waals surface area contributed by atoms with Crippen LogP contribution in [0, 0.1) is 0 Å². The lowest BCUT2D eigenvalue weighted by Crippen LogP contribution is -2.13. The summed E-state index contributed by atoms with van der Waals surface area (Å²) >= 11 is 5.87. The van der Waals surface area contributed by atoms with E-state index in [4.69, 9.17) is 16.3 Å². The predicted molar refractivity (Wildman–Crippen MR) is 74.1 cm³/mol. The van der Waals surface area contributed by atoms with E-state index in [1.807, 2.05) is 0 Å². The number of hydrogen-bond donors (Lipinski definition) is 2. The van der Waals surface area contributed by atoms with Crippen LogP contribution in [0.2, 0.25) is 5.02 Å². The average molecular weight is 278 g/mol. The fourth-order valence-corrected chi connectivity index (χ4v) is 1.80. The van der Waals surface area contributed by atoms with Crippen molar-refractivity contribution in [1.82, 2.24) is 0 Å². The maximum atomic E-state index is 12.1. The van der Waals surface area contributed by atoms with Crippen molar-refractivity contribution in [3.8, 4) is 11.5 Å². The number of nitrogens with one attached hydrogen (secondary N) is 1. The molecular weight excluding hydrogens is 266 g/mol. The molecule has 0 atom stereocenters. The molecule has 0 aromatic heterocycles. The number of para-hydroxylation sites is 2. The summed E-state index contributed by atoms with van der Waals surface area (Å²) in [6, 6.07) is 11.2. The molecule has 2 rings (SSSR count). The second-order valence-corrected chi connectivity index (χ2v) is 4.25. The smallest absolute Gasteiger partial charge is 0.259 e. The highest BCUT2D eigenvalue weighted by atomic mass is 35.5. The molecule has 0 aliphatic heterocycles. The van der Waals surface area contributed by atoms with Gasteiger partial charge in [-0.3, -0.25) is 4.79 Å². The summed E-state index contributed by atoms with van der Waals surface area (Å²) in [4.78, 5) is 12.1. The minimum absolute atomic E-state index is 0.00292. The van der Waals surface area contributed by atoms with Crippen LogP contribution in [-0.2, 0) is 0 Å². The molecule has 1 amide bonds. The molecule has 2 aromatic carbocycles. The van der Waals surface area contributed by atoms with E-state index in [-0.39, 0.29) is 5.75 Å².